The fourth-order valence-corrected chi connectivity index (χ4v) is 1.13. The summed E-state index contributed by atoms with van der Waals surface area (Å²) in [7, 11) is 0. The SMILES string of the molecule is Nc1cc(CO)cs1. The first-order valence-electron chi connectivity index (χ1n) is 2.26. The molecule has 0 aliphatic heterocycles. The van der Waals surface area contributed by atoms with E-state index in [-0.39, 0.29) is 6.61 Å². The molecule has 2 nitrogen and oxygen atoms in total. The molecule has 8 heavy (non-hydrogen) atoms. The standard InChI is InChI=1S/C5H7NOS/c6-5-1-4(2-7)3-8-5/h1,3,7H,2,6H2. The Bertz CT molecular complexity index is 173. The average molecular weight is 129 g/mol. The third-order valence-electron chi connectivity index (χ3n) is 0.857. The van der Waals surface area contributed by atoms with Gasteiger partial charge in [-0.05, 0) is 17.0 Å². The zero-order valence-corrected chi connectivity index (χ0v) is 5.11. The summed E-state index contributed by atoms with van der Waals surface area (Å²) < 4.78 is 0. The Morgan fingerprint density at radius 3 is 2.75 bits per heavy atom. The molecule has 0 aromatic carbocycles. The van der Waals surface area contributed by atoms with Crippen LogP contribution < -0.4 is 5.73 Å². The van der Waals surface area contributed by atoms with Gasteiger partial charge in [-0.2, -0.15) is 0 Å². The molecular formula is C5H7NOS. The van der Waals surface area contributed by atoms with Gasteiger partial charge in [-0.1, -0.05) is 0 Å². The number of thiophene rings is 1. The molecule has 1 aromatic heterocycles. The van der Waals surface area contributed by atoms with E-state index in [0.29, 0.717) is 0 Å². The Kier molecular flexibility index (Phi) is 1.50. The lowest BCUT2D eigenvalue weighted by atomic mass is 10.4. The Balaban J connectivity index is 2.84. The summed E-state index contributed by atoms with van der Waals surface area (Å²) >= 11 is 1.45. The van der Waals surface area contributed by atoms with E-state index in [1.165, 1.54) is 11.3 Å². The van der Waals surface area contributed by atoms with Crippen molar-refractivity contribution < 1.29 is 5.11 Å². The first-order chi connectivity index (χ1) is 3.83. The van der Waals surface area contributed by atoms with Crippen molar-refractivity contribution in [3.63, 3.8) is 0 Å². The fourth-order valence-electron chi connectivity index (χ4n) is 0.477. The summed E-state index contributed by atoms with van der Waals surface area (Å²) in [4.78, 5) is 0. The molecule has 0 fully saturated rings. The molecule has 0 saturated carbocycles. The average Bonchev–Trinajstić information content (AvgIpc) is 2.14. The maximum Gasteiger partial charge on any atom is 0.0860 e. The first-order valence-corrected chi connectivity index (χ1v) is 3.14. The number of anilines is 1. The van der Waals surface area contributed by atoms with Crippen LogP contribution in [0.15, 0.2) is 11.4 Å². The zero-order valence-electron chi connectivity index (χ0n) is 4.29. The number of nitrogens with two attached hydrogens (primary N) is 1. The number of rotatable bonds is 1. The predicted octanol–water partition coefficient (Wildman–Crippen LogP) is 0.823. The van der Waals surface area contributed by atoms with E-state index in [1.54, 1.807) is 6.07 Å². The van der Waals surface area contributed by atoms with Crippen molar-refractivity contribution in [2.45, 2.75) is 6.61 Å². The topological polar surface area (TPSA) is 46.2 Å². The van der Waals surface area contributed by atoms with Crippen LogP contribution >= 0.6 is 11.3 Å². The molecule has 3 N–H and O–H groups in total. The van der Waals surface area contributed by atoms with Gasteiger partial charge in [-0.25, -0.2) is 0 Å². The van der Waals surface area contributed by atoms with Crippen molar-refractivity contribution in [2.24, 2.45) is 0 Å². The van der Waals surface area contributed by atoms with Gasteiger partial charge in [0.05, 0.1) is 11.6 Å². The summed E-state index contributed by atoms with van der Waals surface area (Å²) in [6.07, 6.45) is 0. The molecule has 0 atom stereocenters. The molecule has 0 unspecified atom stereocenters. The largest absolute Gasteiger partial charge is 0.392 e. The van der Waals surface area contributed by atoms with Crippen molar-refractivity contribution in [1.82, 2.24) is 0 Å². The van der Waals surface area contributed by atoms with Crippen molar-refractivity contribution in [1.29, 1.82) is 0 Å². The number of aliphatic hydroxyl groups is 1. The predicted molar refractivity (Wildman–Crippen MR) is 34.7 cm³/mol. The summed E-state index contributed by atoms with van der Waals surface area (Å²) in [5, 5.41) is 11.1. The molecule has 0 bridgehead atoms. The van der Waals surface area contributed by atoms with Gasteiger partial charge in [0.25, 0.3) is 0 Å². The molecule has 0 spiro atoms. The van der Waals surface area contributed by atoms with E-state index in [1.807, 2.05) is 5.38 Å². The number of hydrogen-bond donors (Lipinski definition) is 2. The van der Waals surface area contributed by atoms with E-state index >= 15 is 0 Å². The van der Waals surface area contributed by atoms with Crippen molar-refractivity contribution in [3.8, 4) is 0 Å². The summed E-state index contributed by atoms with van der Waals surface area (Å²) in [5.74, 6) is 0. The first kappa shape index (κ1) is 5.59. The van der Waals surface area contributed by atoms with Gasteiger partial charge >= 0.3 is 0 Å². The minimum atomic E-state index is 0.0910. The lowest BCUT2D eigenvalue weighted by molar-refractivity contribution is 0.282. The van der Waals surface area contributed by atoms with Gasteiger partial charge in [-0.3, -0.25) is 0 Å². The highest BCUT2D eigenvalue weighted by Crippen LogP contribution is 2.15. The minimum Gasteiger partial charge on any atom is -0.392 e. The van der Waals surface area contributed by atoms with Gasteiger partial charge in [-0.15, -0.1) is 11.3 Å². The molecular weight excluding hydrogens is 122 g/mol. The number of aliphatic hydroxyl groups excluding tert-OH is 1. The number of nitrogen functional groups attached to an aromatic ring is 1. The third-order valence-corrected chi connectivity index (χ3v) is 1.67. The van der Waals surface area contributed by atoms with Crippen LogP contribution in [0, 0.1) is 0 Å². The highest BCUT2D eigenvalue weighted by atomic mass is 32.1. The van der Waals surface area contributed by atoms with E-state index < -0.39 is 0 Å². The van der Waals surface area contributed by atoms with Gasteiger partial charge in [0.15, 0.2) is 0 Å². The Labute approximate surface area is 51.6 Å². The summed E-state index contributed by atoms with van der Waals surface area (Å²) in [5.41, 5.74) is 6.26. The van der Waals surface area contributed by atoms with Crippen LogP contribution in [0.2, 0.25) is 0 Å². The molecule has 0 aliphatic rings. The molecule has 0 aliphatic carbocycles. The molecule has 44 valence electrons. The molecule has 1 rings (SSSR count). The highest BCUT2D eigenvalue weighted by Gasteiger charge is 1.90. The molecule has 0 radical (unpaired) electrons. The lowest BCUT2D eigenvalue weighted by Gasteiger charge is -1.80. The van der Waals surface area contributed by atoms with E-state index in [4.69, 9.17) is 10.8 Å². The van der Waals surface area contributed by atoms with Crippen LogP contribution in [-0.4, -0.2) is 5.11 Å². The smallest absolute Gasteiger partial charge is 0.0860 e. The van der Waals surface area contributed by atoms with Gasteiger partial charge < -0.3 is 10.8 Å². The Hall–Kier alpha value is -0.540. The minimum absolute atomic E-state index is 0.0910. The fraction of sp³-hybridized carbons (Fsp3) is 0.200. The van der Waals surface area contributed by atoms with Gasteiger partial charge in [0.2, 0.25) is 0 Å². The maximum absolute atomic E-state index is 8.50. The second-order valence-corrected chi connectivity index (χ2v) is 2.46. The van der Waals surface area contributed by atoms with Gasteiger partial charge in [0, 0.05) is 0 Å². The van der Waals surface area contributed by atoms with Crippen molar-refractivity contribution in [2.75, 3.05) is 5.73 Å². The highest BCUT2D eigenvalue weighted by molar-refractivity contribution is 7.14. The van der Waals surface area contributed by atoms with Crippen LogP contribution in [0.1, 0.15) is 5.56 Å². The molecule has 0 saturated heterocycles. The van der Waals surface area contributed by atoms with Crippen LogP contribution in [0.3, 0.4) is 0 Å². The van der Waals surface area contributed by atoms with E-state index in [2.05, 4.69) is 0 Å². The molecule has 1 heterocycles. The Morgan fingerprint density at radius 1 is 1.75 bits per heavy atom. The van der Waals surface area contributed by atoms with Crippen molar-refractivity contribution >= 4 is 16.3 Å². The maximum atomic E-state index is 8.50. The van der Waals surface area contributed by atoms with Crippen LogP contribution in [0.4, 0.5) is 5.00 Å². The second-order valence-electron chi connectivity index (χ2n) is 1.52. The molecule has 0 amide bonds. The normalized spacial score (nSPS) is 9.62. The number of hydrogen-bond acceptors (Lipinski definition) is 3. The van der Waals surface area contributed by atoms with Crippen molar-refractivity contribution in [3.05, 3.63) is 17.0 Å². The van der Waals surface area contributed by atoms with E-state index in [9.17, 15) is 0 Å². The second kappa shape index (κ2) is 2.15. The van der Waals surface area contributed by atoms with Gasteiger partial charge in [0.1, 0.15) is 0 Å². The Morgan fingerprint density at radius 2 is 2.50 bits per heavy atom. The van der Waals surface area contributed by atoms with Crippen LogP contribution in [0.5, 0.6) is 0 Å². The monoisotopic (exact) mass is 129 g/mol. The summed E-state index contributed by atoms with van der Waals surface area (Å²) in [6, 6.07) is 1.77. The molecule has 3 heteroatoms. The van der Waals surface area contributed by atoms with Crippen LogP contribution in [0.25, 0.3) is 0 Å². The third kappa shape index (κ3) is 0.993. The molecule has 1 aromatic rings. The zero-order chi connectivity index (χ0) is 5.98. The van der Waals surface area contributed by atoms with Crippen LogP contribution in [-0.2, 0) is 6.61 Å². The lowest BCUT2D eigenvalue weighted by Crippen LogP contribution is -1.77. The van der Waals surface area contributed by atoms with E-state index in [0.717, 1.165) is 10.6 Å². The summed E-state index contributed by atoms with van der Waals surface area (Å²) in [6.45, 7) is 0.0910. The quantitative estimate of drug-likeness (QED) is 0.589.